The highest BCUT2D eigenvalue weighted by Crippen LogP contribution is 2.29. The molecule has 4 heterocycles. The van der Waals surface area contributed by atoms with E-state index < -0.39 is 12.1 Å². The fourth-order valence-corrected chi connectivity index (χ4v) is 6.39. The number of aromatic nitrogens is 5. The monoisotopic (exact) mass is 731 g/mol. The van der Waals surface area contributed by atoms with Crippen molar-refractivity contribution < 1.29 is 33.2 Å². The van der Waals surface area contributed by atoms with Gasteiger partial charge in [-0.05, 0) is 63.3 Å². The van der Waals surface area contributed by atoms with Crippen LogP contribution in [-0.4, -0.2) is 93.3 Å². The zero-order chi connectivity index (χ0) is 38.2. The Kier molecular flexibility index (Phi) is 12.6. The van der Waals surface area contributed by atoms with Crippen molar-refractivity contribution in [3.05, 3.63) is 58.4 Å². The second kappa shape index (κ2) is 17.3. The molecule has 0 unspecified atom stereocenters. The fourth-order valence-electron chi connectivity index (χ4n) is 6.39. The highest BCUT2D eigenvalue weighted by Gasteiger charge is 2.30. The van der Waals surface area contributed by atoms with Gasteiger partial charge in [-0.3, -0.25) is 19.2 Å². The maximum atomic E-state index is 14.0. The lowest BCUT2D eigenvalue weighted by Gasteiger charge is -2.26. The number of methoxy groups -OCH3 is 2. The van der Waals surface area contributed by atoms with Gasteiger partial charge < -0.3 is 34.8 Å². The van der Waals surface area contributed by atoms with Crippen molar-refractivity contribution in [1.82, 2.24) is 45.8 Å². The standard InChI is InChI=1S/C37H49N9O7/c1-8-21(2)33-35(49)40-24(5)34-41-29(19-25-12-13-27(51-6)28(18-25)52-7)43-46(34)20-31(48)38-14-10-16-45(15-9-11-30(47)42-33)37(50)26-17-22(3)39-36-32(26)23(4)44-53-36/h12-13,17-18,21,24,33H,8-11,14-16,19-20H2,1-7H3,(H,38,48)(H,40,49)(H,42,47)/t21-,24+,33-/m0/s1. The first kappa shape index (κ1) is 38.7. The molecular formula is C37H49N9O7. The molecule has 0 saturated carbocycles. The summed E-state index contributed by atoms with van der Waals surface area (Å²) in [6, 6.07) is 5.77. The summed E-state index contributed by atoms with van der Waals surface area (Å²) in [5.74, 6) is 0.569. The smallest absolute Gasteiger partial charge is 0.258 e. The minimum Gasteiger partial charge on any atom is -0.493 e. The molecule has 3 atom stereocenters. The molecule has 284 valence electrons. The molecule has 1 aromatic carbocycles. The van der Waals surface area contributed by atoms with Gasteiger partial charge in [-0.2, -0.15) is 5.10 Å². The number of carbonyl (C=O) groups is 4. The third kappa shape index (κ3) is 9.28. The third-order valence-corrected chi connectivity index (χ3v) is 9.43. The summed E-state index contributed by atoms with van der Waals surface area (Å²) in [7, 11) is 3.12. The molecule has 0 fully saturated rings. The number of nitrogens with zero attached hydrogens (tertiary/aromatic N) is 6. The van der Waals surface area contributed by atoms with Gasteiger partial charge in [0, 0.05) is 38.2 Å². The number of ether oxygens (including phenoxy) is 2. The maximum Gasteiger partial charge on any atom is 0.258 e. The Labute approximate surface area is 308 Å². The molecule has 4 aromatic rings. The first-order chi connectivity index (χ1) is 25.4. The second-order valence-electron chi connectivity index (χ2n) is 13.4. The van der Waals surface area contributed by atoms with Crippen LogP contribution in [0.15, 0.2) is 28.8 Å². The highest BCUT2D eigenvalue weighted by molar-refractivity contribution is 6.06. The molecule has 16 nitrogen and oxygen atoms in total. The molecule has 5 rings (SSSR count). The van der Waals surface area contributed by atoms with Gasteiger partial charge in [0.15, 0.2) is 17.3 Å². The van der Waals surface area contributed by atoms with Gasteiger partial charge >= 0.3 is 0 Å². The van der Waals surface area contributed by atoms with E-state index in [1.165, 1.54) is 4.68 Å². The maximum absolute atomic E-state index is 14.0. The second-order valence-corrected chi connectivity index (χ2v) is 13.4. The number of carbonyl (C=O) groups excluding carboxylic acids is 4. The molecule has 0 radical (unpaired) electrons. The molecule has 0 bridgehead atoms. The van der Waals surface area contributed by atoms with Crippen molar-refractivity contribution in [2.24, 2.45) is 5.92 Å². The summed E-state index contributed by atoms with van der Waals surface area (Å²) in [5.41, 5.74) is 2.70. The predicted octanol–water partition coefficient (Wildman–Crippen LogP) is 3.19. The number of hydrogen-bond acceptors (Lipinski definition) is 11. The number of pyridine rings is 1. The lowest BCUT2D eigenvalue weighted by atomic mass is 9.97. The van der Waals surface area contributed by atoms with Gasteiger partial charge in [0.05, 0.1) is 36.9 Å². The molecule has 4 amide bonds. The first-order valence-electron chi connectivity index (χ1n) is 18.0. The van der Waals surface area contributed by atoms with Crippen LogP contribution in [0.25, 0.3) is 11.1 Å². The molecule has 3 N–H and O–H groups in total. The molecule has 0 aliphatic carbocycles. The van der Waals surface area contributed by atoms with Crippen LogP contribution in [0.2, 0.25) is 0 Å². The summed E-state index contributed by atoms with van der Waals surface area (Å²) in [6.45, 7) is 9.88. The number of aryl methyl sites for hydroxylation is 2. The summed E-state index contributed by atoms with van der Waals surface area (Å²) in [4.78, 5) is 65.2. The van der Waals surface area contributed by atoms with E-state index in [-0.39, 0.29) is 61.3 Å². The number of amides is 4. The van der Waals surface area contributed by atoms with Crippen LogP contribution in [0, 0.1) is 19.8 Å². The van der Waals surface area contributed by atoms with Gasteiger partial charge in [0.25, 0.3) is 11.6 Å². The van der Waals surface area contributed by atoms with Crippen LogP contribution in [0.5, 0.6) is 11.5 Å². The molecule has 16 heteroatoms. The normalized spacial score (nSPS) is 18.6. The first-order valence-corrected chi connectivity index (χ1v) is 18.0. The van der Waals surface area contributed by atoms with Gasteiger partial charge in [0.2, 0.25) is 17.7 Å². The average molecular weight is 732 g/mol. The van der Waals surface area contributed by atoms with Crippen LogP contribution < -0.4 is 25.4 Å². The SMILES string of the molecule is CC[C@H](C)[C@@H]1NC(=O)CCCN(C(=O)c2cc(C)nc3onc(C)c23)CCCNC(=O)Cn2nc(Cc3ccc(OC)c(OC)c3)nc2[C@@H](C)NC1=O. The third-order valence-electron chi connectivity index (χ3n) is 9.43. The Morgan fingerprint density at radius 3 is 2.51 bits per heavy atom. The predicted molar refractivity (Wildman–Crippen MR) is 194 cm³/mol. The highest BCUT2D eigenvalue weighted by atomic mass is 16.5. The van der Waals surface area contributed by atoms with Crippen molar-refractivity contribution in [1.29, 1.82) is 0 Å². The van der Waals surface area contributed by atoms with E-state index >= 15 is 0 Å². The topological polar surface area (TPSA) is 196 Å². The van der Waals surface area contributed by atoms with E-state index in [0.717, 1.165) is 5.56 Å². The average Bonchev–Trinajstić information content (AvgIpc) is 3.71. The Morgan fingerprint density at radius 2 is 1.77 bits per heavy atom. The van der Waals surface area contributed by atoms with Crippen molar-refractivity contribution >= 4 is 34.7 Å². The van der Waals surface area contributed by atoms with Crippen LogP contribution >= 0.6 is 0 Å². The minimum atomic E-state index is -0.817. The molecule has 1 aliphatic heterocycles. The zero-order valence-corrected chi connectivity index (χ0v) is 31.4. The number of hydrogen-bond donors (Lipinski definition) is 3. The van der Waals surface area contributed by atoms with Gasteiger partial charge in [-0.15, -0.1) is 0 Å². The quantitative estimate of drug-likeness (QED) is 0.253. The van der Waals surface area contributed by atoms with Gasteiger partial charge in [-0.1, -0.05) is 31.5 Å². The minimum absolute atomic E-state index is 0.0984. The Bertz CT molecular complexity index is 1960. The number of nitrogens with one attached hydrogen (secondary N) is 3. The van der Waals surface area contributed by atoms with E-state index in [2.05, 4.69) is 31.2 Å². The van der Waals surface area contributed by atoms with E-state index in [1.54, 1.807) is 52.0 Å². The van der Waals surface area contributed by atoms with Crippen molar-refractivity contribution in [3.63, 3.8) is 0 Å². The van der Waals surface area contributed by atoms with Crippen LogP contribution in [0.1, 0.15) is 91.5 Å². The lowest BCUT2D eigenvalue weighted by molar-refractivity contribution is -0.130. The largest absolute Gasteiger partial charge is 0.493 e. The molecule has 0 spiro atoms. The Morgan fingerprint density at radius 1 is 1.02 bits per heavy atom. The number of rotatable bonds is 7. The molecule has 53 heavy (non-hydrogen) atoms. The summed E-state index contributed by atoms with van der Waals surface area (Å²) < 4.78 is 17.7. The summed E-state index contributed by atoms with van der Waals surface area (Å²) >= 11 is 0. The number of fused-ring (bicyclic) bond motifs is 2. The van der Waals surface area contributed by atoms with E-state index in [0.29, 0.717) is 77.7 Å². The molecule has 3 aromatic heterocycles. The van der Waals surface area contributed by atoms with Crippen LogP contribution in [-0.2, 0) is 27.3 Å². The fraction of sp³-hybridized carbons (Fsp3) is 0.514. The molecule has 0 saturated heterocycles. The Hall–Kier alpha value is -5.54. The van der Waals surface area contributed by atoms with Crippen molar-refractivity contribution in [2.75, 3.05) is 33.9 Å². The van der Waals surface area contributed by atoms with Crippen LogP contribution in [0.4, 0.5) is 0 Å². The van der Waals surface area contributed by atoms with E-state index in [9.17, 15) is 19.2 Å². The Balaban J connectivity index is 1.41. The summed E-state index contributed by atoms with van der Waals surface area (Å²) in [5, 5.41) is 18.1. The van der Waals surface area contributed by atoms with E-state index in [1.807, 2.05) is 26.0 Å². The summed E-state index contributed by atoms with van der Waals surface area (Å²) in [6.07, 6.45) is 1.88. The molecule has 1 aliphatic rings. The zero-order valence-electron chi connectivity index (χ0n) is 31.4. The molecular weight excluding hydrogens is 682 g/mol. The van der Waals surface area contributed by atoms with Gasteiger partial charge in [0.1, 0.15) is 18.4 Å². The van der Waals surface area contributed by atoms with Crippen LogP contribution in [0.3, 0.4) is 0 Å². The van der Waals surface area contributed by atoms with Crippen molar-refractivity contribution in [2.45, 2.75) is 85.4 Å². The lowest BCUT2D eigenvalue weighted by Crippen LogP contribution is -2.51. The van der Waals surface area contributed by atoms with Crippen molar-refractivity contribution in [3.8, 4) is 11.5 Å². The van der Waals surface area contributed by atoms with E-state index in [4.69, 9.17) is 19.0 Å². The number of benzene rings is 1. The van der Waals surface area contributed by atoms with Gasteiger partial charge in [-0.25, -0.2) is 14.6 Å².